The van der Waals surface area contributed by atoms with Crippen LogP contribution in [0.15, 0.2) is 42.5 Å². The molecule has 1 atom stereocenters. The lowest BCUT2D eigenvalue weighted by Gasteiger charge is -2.17. The SMILES string of the molecule is O=C(NCc1ccc(OCC(F)(F)F)cc1)c1ccc2c(c1)C(=O)N(C[C@H]1CCCO1)C2=O. The summed E-state index contributed by atoms with van der Waals surface area (Å²) in [6.07, 6.45) is -2.91. The van der Waals surface area contributed by atoms with E-state index in [2.05, 4.69) is 10.1 Å². The van der Waals surface area contributed by atoms with Gasteiger partial charge < -0.3 is 14.8 Å². The predicted octanol–water partition coefficient (Wildman–Crippen LogP) is 3.33. The van der Waals surface area contributed by atoms with Crippen molar-refractivity contribution in [2.45, 2.75) is 31.7 Å². The molecule has 0 bridgehead atoms. The highest BCUT2D eigenvalue weighted by molar-refractivity contribution is 6.22. The molecule has 2 heterocycles. The van der Waals surface area contributed by atoms with Crippen molar-refractivity contribution in [1.82, 2.24) is 10.2 Å². The van der Waals surface area contributed by atoms with Gasteiger partial charge in [-0.15, -0.1) is 0 Å². The average Bonchev–Trinajstić information content (AvgIpc) is 3.39. The zero-order chi connectivity index (χ0) is 23.6. The van der Waals surface area contributed by atoms with Crippen LogP contribution in [0.2, 0.25) is 0 Å². The second kappa shape index (κ2) is 9.22. The minimum absolute atomic E-state index is 0.0664. The normalized spacial score (nSPS) is 17.9. The van der Waals surface area contributed by atoms with E-state index in [1.807, 2.05) is 0 Å². The summed E-state index contributed by atoms with van der Waals surface area (Å²) in [5.41, 5.74) is 1.30. The first-order valence-corrected chi connectivity index (χ1v) is 10.4. The van der Waals surface area contributed by atoms with Gasteiger partial charge in [0.25, 0.3) is 17.7 Å². The molecule has 2 aliphatic rings. The number of nitrogens with zero attached hydrogens (tertiary/aromatic N) is 1. The molecule has 0 unspecified atom stereocenters. The van der Waals surface area contributed by atoms with Crippen LogP contribution in [0.25, 0.3) is 0 Å². The van der Waals surface area contributed by atoms with Crippen molar-refractivity contribution < 1.29 is 37.0 Å². The van der Waals surface area contributed by atoms with E-state index in [0.717, 1.165) is 17.7 Å². The molecular weight excluding hydrogens is 441 g/mol. The number of fused-ring (bicyclic) bond motifs is 1. The molecule has 2 aromatic rings. The van der Waals surface area contributed by atoms with E-state index < -0.39 is 30.5 Å². The van der Waals surface area contributed by atoms with Gasteiger partial charge in [-0.25, -0.2) is 0 Å². The van der Waals surface area contributed by atoms with Gasteiger partial charge in [0.1, 0.15) is 5.75 Å². The van der Waals surface area contributed by atoms with Crippen LogP contribution in [0.1, 0.15) is 49.5 Å². The van der Waals surface area contributed by atoms with E-state index in [1.54, 1.807) is 12.1 Å². The highest BCUT2D eigenvalue weighted by atomic mass is 19.4. The third kappa shape index (κ3) is 5.33. The van der Waals surface area contributed by atoms with Crippen LogP contribution in [0.4, 0.5) is 13.2 Å². The van der Waals surface area contributed by atoms with Gasteiger partial charge in [0, 0.05) is 18.7 Å². The molecule has 0 aliphatic carbocycles. The summed E-state index contributed by atoms with van der Waals surface area (Å²) in [7, 11) is 0. The summed E-state index contributed by atoms with van der Waals surface area (Å²) in [4.78, 5) is 39.0. The summed E-state index contributed by atoms with van der Waals surface area (Å²) >= 11 is 0. The lowest BCUT2D eigenvalue weighted by molar-refractivity contribution is -0.153. The molecule has 174 valence electrons. The molecule has 10 heteroatoms. The van der Waals surface area contributed by atoms with Gasteiger partial charge in [-0.05, 0) is 48.7 Å². The number of halogens is 3. The van der Waals surface area contributed by atoms with E-state index in [0.29, 0.717) is 12.2 Å². The van der Waals surface area contributed by atoms with Crippen molar-refractivity contribution >= 4 is 17.7 Å². The van der Waals surface area contributed by atoms with Crippen molar-refractivity contribution in [1.29, 1.82) is 0 Å². The first-order valence-electron chi connectivity index (χ1n) is 10.4. The highest BCUT2D eigenvalue weighted by Crippen LogP contribution is 2.26. The largest absolute Gasteiger partial charge is 0.484 e. The average molecular weight is 462 g/mol. The topological polar surface area (TPSA) is 84.9 Å². The van der Waals surface area contributed by atoms with Crippen molar-refractivity contribution in [2.24, 2.45) is 0 Å². The number of imide groups is 1. The van der Waals surface area contributed by atoms with Crippen LogP contribution in [0.5, 0.6) is 5.75 Å². The van der Waals surface area contributed by atoms with Gasteiger partial charge in [-0.2, -0.15) is 13.2 Å². The minimum Gasteiger partial charge on any atom is -0.484 e. The second-order valence-corrected chi connectivity index (χ2v) is 7.85. The van der Waals surface area contributed by atoms with Crippen molar-refractivity contribution in [3.8, 4) is 5.75 Å². The summed E-state index contributed by atoms with van der Waals surface area (Å²) in [6, 6.07) is 10.2. The fourth-order valence-corrected chi connectivity index (χ4v) is 3.74. The van der Waals surface area contributed by atoms with Gasteiger partial charge in [-0.3, -0.25) is 19.3 Å². The quantitative estimate of drug-likeness (QED) is 0.638. The number of hydrogen-bond donors (Lipinski definition) is 1. The molecule has 3 amide bonds. The maximum atomic E-state index is 12.7. The predicted molar refractivity (Wildman–Crippen MR) is 110 cm³/mol. The number of nitrogens with one attached hydrogen (secondary N) is 1. The van der Waals surface area contributed by atoms with E-state index in [-0.39, 0.29) is 41.6 Å². The molecule has 1 N–H and O–H groups in total. The third-order valence-corrected chi connectivity index (χ3v) is 5.42. The Balaban J connectivity index is 1.36. The first-order chi connectivity index (χ1) is 15.7. The minimum atomic E-state index is -4.42. The fraction of sp³-hybridized carbons (Fsp3) is 0.348. The fourth-order valence-electron chi connectivity index (χ4n) is 3.74. The molecule has 4 rings (SSSR count). The molecule has 1 fully saturated rings. The second-order valence-electron chi connectivity index (χ2n) is 7.85. The molecule has 7 nitrogen and oxygen atoms in total. The van der Waals surface area contributed by atoms with E-state index in [1.165, 1.54) is 30.3 Å². The Morgan fingerprint density at radius 3 is 2.48 bits per heavy atom. The first kappa shape index (κ1) is 22.8. The van der Waals surface area contributed by atoms with Crippen LogP contribution >= 0.6 is 0 Å². The highest BCUT2D eigenvalue weighted by Gasteiger charge is 2.38. The summed E-state index contributed by atoms with van der Waals surface area (Å²) in [6.45, 7) is -0.459. The maximum Gasteiger partial charge on any atom is 0.422 e. The molecule has 0 spiro atoms. The number of ether oxygens (including phenoxy) is 2. The van der Waals surface area contributed by atoms with Crippen LogP contribution in [-0.2, 0) is 11.3 Å². The summed E-state index contributed by atoms with van der Waals surface area (Å²) in [5, 5.41) is 2.69. The van der Waals surface area contributed by atoms with Gasteiger partial charge in [-0.1, -0.05) is 12.1 Å². The number of carbonyl (C=O) groups excluding carboxylic acids is 3. The van der Waals surface area contributed by atoms with Gasteiger partial charge in [0.05, 0.1) is 23.8 Å². The van der Waals surface area contributed by atoms with Crippen molar-refractivity contribution in [3.63, 3.8) is 0 Å². The Kier molecular flexibility index (Phi) is 6.37. The number of alkyl halides is 3. The van der Waals surface area contributed by atoms with Crippen LogP contribution < -0.4 is 10.1 Å². The zero-order valence-electron chi connectivity index (χ0n) is 17.5. The third-order valence-electron chi connectivity index (χ3n) is 5.42. The Morgan fingerprint density at radius 1 is 1.09 bits per heavy atom. The Morgan fingerprint density at radius 2 is 1.82 bits per heavy atom. The summed E-state index contributed by atoms with van der Waals surface area (Å²) < 4.78 is 46.8. The van der Waals surface area contributed by atoms with Crippen LogP contribution in [0.3, 0.4) is 0 Å². The number of carbonyl (C=O) groups is 3. The van der Waals surface area contributed by atoms with Crippen LogP contribution in [-0.4, -0.2) is 54.7 Å². The van der Waals surface area contributed by atoms with Crippen molar-refractivity contribution in [2.75, 3.05) is 19.8 Å². The van der Waals surface area contributed by atoms with E-state index in [4.69, 9.17) is 4.74 Å². The standard InChI is InChI=1S/C23H21F3N2O5/c24-23(25,26)13-33-16-6-3-14(4-7-16)11-27-20(29)15-5-8-18-19(10-15)22(31)28(21(18)30)12-17-2-1-9-32-17/h3-8,10,17H,1-2,9,11-13H2,(H,27,29)/t17-/m1/s1. The molecule has 1 saturated heterocycles. The number of hydrogen-bond acceptors (Lipinski definition) is 5. The van der Waals surface area contributed by atoms with E-state index in [9.17, 15) is 27.6 Å². The van der Waals surface area contributed by atoms with E-state index >= 15 is 0 Å². The van der Waals surface area contributed by atoms with Crippen LogP contribution in [0, 0.1) is 0 Å². The molecule has 0 radical (unpaired) electrons. The maximum absolute atomic E-state index is 12.7. The molecule has 0 saturated carbocycles. The molecule has 2 aromatic carbocycles. The Labute approximate surface area is 187 Å². The molecular formula is C23H21F3N2O5. The molecule has 0 aromatic heterocycles. The smallest absolute Gasteiger partial charge is 0.422 e. The number of amides is 3. The lowest BCUT2D eigenvalue weighted by Crippen LogP contribution is -2.36. The molecule has 33 heavy (non-hydrogen) atoms. The summed E-state index contributed by atoms with van der Waals surface area (Å²) in [5.74, 6) is -1.23. The lowest BCUT2D eigenvalue weighted by atomic mass is 10.1. The van der Waals surface area contributed by atoms with Gasteiger partial charge in [0.2, 0.25) is 0 Å². The van der Waals surface area contributed by atoms with Crippen molar-refractivity contribution in [3.05, 3.63) is 64.7 Å². The zero-order valence-corrected chi connectivity index (χ0v) is 17.5. The Bertz CT molecular complexity index is 1060. The number of rotatable bonds is 7. The Hall–Kier alpha value is -3.40. The van der Waals surface area contributed by atoms with Gasteiger partial charge in [0.15, 0.2) is 6.61 Å². The van der Waals surface area contributed by atoms with Gasteiger partial charge >= 0.3 is 6.18 Å². The monoisotopic (exact) mass is 462 g/mol. The number of benzene rings is 2. The molecule has 2 aliphatic heterocycles.